The van der Waals surface area contributed by atoms with Gasteiger partial charge >= 0.3 is 0 Å². The lowest BCUT2D eigenvalue weighted by molar-refractivity contribution is 0.147. The van der Waals surface area contributed by atoms with Crippen LogP contribution in [0.1, 0.15) is 57.8 Å². The molecule has 0 heterocycles. The van der Waals surface area contributed by atoms with E-state index < -0.39 is 0 Å². The fourth-order valence-corrected chi connectivity index (χ4v) is 1.71. The molecule has 0 aliphatic carbocycles. The third kappa shape index (κ3) is 4.36. The molecule has 1 heteroatoms. The van der Waals surface area contributed by atoms with Crippen LogP contribution in [0.4, 0.5) is 0 Å². The predicted molar refractivity (Wildman–Crippen MR) is 69.5 cm³/mol. The fourth-order valence-electron chi connectivity index (χ4n) is 1.71. The molecule has 1 aromatic carbocycles. The van der Waals surface area contributed by atoms with Gasteiger partial charge in [0.15, 0.2) is 0 Å². The molecule has 1 aromatic rings. The summed E-state index contributed by atoms with van der Waals surface area (Å²) in [6.07, 6.45) is 2.63. The molecule has 0 bridgehead atoms. The van der Waals surface area contributed by atoms with E-state index in [9.17, 15) is 5.11 Å². The summed E-state index contributed by atoms with van der Waals surface area (Å²) in [7, 11) is 0. The van der Waals surface area contributed by atoms with Gasteiger partial charge in [-0.2, -0.15) is 0 Å². The zero-order valence-electron chi connectivity index (χ0n) is 11.0. The van der Waals surface area contributed by atoms with E-state index in [1.54, 1.807) is 0 Å². The molecule has 1 N–H and O–H groups in total. The van der Waals surface area contributed by atoms with Crippen molar-refractivity contribution in [2.24, 2.45) is 5.41 Å². The topological polar surface area (TPSA) is 20.2 Å². The van der Waals surface area contributed by atoms with E-state index >= 15 is 0 Å². The van der Waals surface area contributed by atoms with Crippen LogP contribution in [0.25, 0.3) is 0 Å². The Hall–Kier alpha value is -0.820. The summed E-state index contributed by atoms with van der Waals surface area (Å²) in [5.41, 5.74) is 2.66. The van der Waals surface area contributed by atoms with E-state index in [0.29, 0.717) is 5.41 Å². The smallest absolute Gasteiger partial charge is 0.0790 e. The molecule has 0 amide bonds. The average Bonchev–Trinajstić information content (AvgIpc) is 2.25. The molecule has 0 radical (unpaired) electrons. The van der Waals surface area contributed by atoms with Gasteiger partial charge in [-0.15, -0.1) is 0 Å². The van der Waals surface area contributed by atoms with Crippen molar-refractivity contribution in [1.82, 2.24) is 0 Å². The molecule has 0 fully saturated rings. The van der Waals surface area contributed by atoms with Crippen LogP contribution >= 0.6 is 0 Å². The van der Waals surface area contributed by atoms with E-state index in [0.717, 1.165) is 24.8 Å². The van der Waals surface area contributed by atoms with E-state index in [-0.39, 0.29) is 6.10 Å². The molecule has 0 aliphatic rings. The number of benzene rings is 1. The highest BCUT2D eigenvalue weighted by atomic mass is 16.3. The summed E-state index contributed by atoms with van der Waals surface area (Å²) in [5, 5.41) is 10.0. The molecule has 0 aliphatic heterocycles. The summed E-state index contributed by atoms with van der Waals surface area (Å²) in [4.78, 5) is 0. The van der Waals surface area contributed by atoms with Crippen molar-refractivity contribution in [3.63, 3.8) is 0 Å². The first kappa shape index (κ1) is 13.2. The minimum absolute atomic E-state index is 0.296. The molecule has 0 spiro atoms. The van der Waals surface area contributed by atoms with Gasteiger partial charge in [0, 0.05) is 0 Å². The second-order valence-corrected chi connectivity index (χ2v) is 5.71. The van der Waals surface area contributed by atoms with Crippen LogP contribution in [0, 0.1) is 5.41 Å². The first-order chi connectivity index (χ1) is 7.42. The summed E-state index contributed by atoms with van der Waals surface area (Å²) in [5.74, 6) is 0. The Labute approximate surface area is 99.5 Å². The highest BCUT2D eigenvalue weighted by molar-refractivity contribution is 5.24. The van der Waals surface area contributed by atoms with E-state index in [1.807, 2.05) is 12.1 Å². The fraction of sp³-hybridized carbons (Fsp3) is 0.600. The maximum absolute atomic E-state index is 10.0. The molecule has 0 saturated heterocycles. The molecule has 0 aromatic heterocycles. The van der Waals surface area contributed by atoms with E-state index in [1.165, 1.54) is 5.56 Å². The first-order valence-electron chi connectivity index (χ1n) is 6.19. The first-order valence-corrected chi connectivity index (χ1v) is 6.19. The predicted octanol–water partition coefficient (Wildman–Crippen LogP) is 4.11. The SMILES string of the molecule is CCc1ccc(C(O)CCC(C)(C)C)cc1. The Balaban J connectivity index is 2.56. The van der Waals surface area contributed by atoms with E-state index in [4.69, 9.17) is 0 Å². The van der Waals surface area contributed by atoms with Crippen LogP contribution in [0.2, 0.25) is 0 Å². The largest absolute Gasteiger partial charge is 0.388 e. The van der Waals surface area contributed by atoms with Crippen molar-refractivity contribution in [1.29, 1.82) is 0 Å². The molecule has 16 heavy (non-hydrogen) atoms. The zero-order chi connectivity index (χ0) is 12.2. The van der Waals surface area contributed by atoms with Gasteiger partial charge in [-0.1, -0.05) is 52.0 Å². The molecule has 1 unspecified atom stereocenters. The molecule has 0 saturated carbocycles. The lowest BCUT2D eigenvalue weighted by Crippen LogP contribution is -2.08. The highest BCUT2D eigenvalue weighted by Crippen LogP contribution is 2.27. The molecule has 90 valence electrons. The Kier molecular flexibility index (Phi) is 4.55. The van der Waals surface area contributed by atoms with Crippen LogP contribution in [-0.2, 0) is 6.42 Å². The molecule has 1 rings (SSSR count). The highest BCUT2D eigenvalue weighted by Gasteiger charge is 2.14. The van der Waals surface area contributed by atoms with Gasteiger partial charge in [0.25, 0.3) is 0 Å². The summed E-state index contributed by atoms with van der Waals surface area (Å²) in [6, 6.07) is 8.31. The van der Waals surface area contributed by atoms with Crippen LogP contribution in [0.15, 0.2) is 24.3 Å². The van der Waals surface area contributed by atoms with Gasteiger partial charge in [-0.3, -0.25) is 0 Å². The van der Waals surface area contributed by atoms with Crippen molar-refractivity contribution in [2.45, 2.75) is 53.1 Å². The van der Waals surface area contributed by atoms with Crippen LogP contribution in [0.5, 0.6) is 0 Å². The Bertz CT molecular complexity index is 305. The van der Waals surface area contributed by atoms with Crippen LogP contribution in [0.3, 0.4) is 0 Å². The Morgan fingerprint density at radius 1 is 1.12 bits per heavy atom. The molecule has 1 nitrogen and oxygen atoms in total. The zero-order valence-corrected chi connectivity index (χ0v) is 11.0. The summed E-state index contributed by atoms with van der Waals surface area (Å²) in [6.45, 7) is 8.77. The molecular formula is C15H24O. The van der Waals surface area contributed by atoms with Crippen molar-refractivity contribution in [2.75, 3.05) is 0 Å². The van der Waals surface area contributed by atoms with Crippen molar-refractivity contribution in [3.8, 4) is 0 Å². The monoisotopic (exact) mass is 220 g/mol. The number of hydrogen-bond donors (Lipinski definition) is 1. The second-order valence-electron chi connectivity index (χ2n) is 5.71. The number of hydrogen-bond acceptors (Lipinski definition) is 1. The lowest BCUT2D eigenvalue weighted by atomic mass is 9.88. The third-order valence-electron chi connectivity index (χ3n) is 2.94. The van der Waals surface area contributed by atoms with Crippen molar-refractivity contribution in [3.05, 3.63) is 35.4 Å². The van der Waals surface area contributed by atoms with Crippen molar-refractivity contribution < 1.29 is 5.11 Å². The standard InChI is InChI=1S/C15H24O/c1-5-12-6-8-13(9-7-12)14(16)10-11-15(2,3)4/h6-9,14,16H,5,10-11H2,1-4H3. The van der Waals surface area contributed by atoms with Gasteiger partial charge in [0.05, 0.1) is 6.10 Å². The quantitative estimate of drug-likeness (QED) is 0.809. The summed E-state index contributed by atoms with van der Waals surface area (Å²) < 4.78 is 0. The van der Waals surface area contributed by atoms with Gasteiger partial charge < -0.3 is 5.11 Å². The Morgan fingerprint density at radius 3 is 2.12 bits per heavy atom. The normalized spacial score (nSPS) is 13.8. The number of aliphatic hydroxyl groups is 1. The maximum atomic E-state index is 10.0. The lowest BCUT2D eigenvalue weighted by Gasteiger charge is -2.20. The Morgan fingerprint density at radius 2 is 1.69 bits per heavy atom. The van der Waals surface area contributed by atoms with Crippen LogP contribution < -0.4 is 0 Å². The summed E-state index contributed by atoms with van der Waals surface area (Å²) >= 11 is 0. The van der Waals surface area contributed by atoms with Crippen molar-refractivity contribution >= 4 is 0 Å². The minimum atomic E-state index is -0.315. The average molecular weight is 220 g/mol. The minimum Gasteiger partial charge on any atom is -0.388 e. The molecule has 1 atom stereocenters. The number of aliphatic hydroxyl groups excluding tert-OH is 1. The van der Waals surface area contributed by atoms with Gasteiger partial charge in [-0.05, 0) is 35.8 Å². The second kappa shape index (κ2) is 5.49. The number of aryl methyl sites for hydroxylation is 1. The van der Waals surface area contributed by atoms with Gasteiger partial charge in [0.2, 0.25) is 0 Å². The van der Waals surface area contributed by atoms with E-state index in [2.05, 4.69) is 39.8 Å². The van der Waals surface area contributed by atoms with Crippen LogP contribution in [-0.4, -0.2) is 5.11 Å². The maximum Gasteiger partial charge on any atom is 0.0790 e. The molecular weight excluding hydrogens is 196 g/mol. The van der Waals surface area contributed by atoms with Gasteiger partial charge in [0.1, 0.15) is 0 Å². The number of rotatable bonds is 4. The van der Waals surface area contributed by atoms with Gasteiger partial charge in [-0.25, -0.2) is 0 Å². The third-order valence-corrected chi connectivity index (χ3v) is 2.94.